The van der Waals surface area contributed by atoms with Crippen LogP contribution in [0.25, 0.3) is 11.1 Å². The number of rotatable bonds is 9. The fraction of sp³-hybridized carbons (Fsp3) is 0.480. The molecule has 8 nitrogen and oxygen atoms in total. The van der Waals surface area contributed by atoms with Crippen molar-refractivity contribution in [1.82, 2.24) is 20.2 Å². The van der Waals surface area contributed by atoms with Gasteiger partial charge in [0.2, 0.25) is 11.8 Å². The van der Waals surface area contributed by atoms with Crippen LogP contribution in [0, 0.1) is 0 Å². The first kappa shape index (κ1) is 24.5. The molecule has 2 N–H and O–H groups in total. The predicted octanol–water partition coefficient (Wildman–Crippen LogP) is 2.82. The molecule has 1 aliphatic rings. The number of likely N-dealkylation sites (N-methyl/N-ethyl adjacent to an activating group) is 1. The van der Waals surface area contributed by atoms with E-state index in [1.807, 2.05) is 36.1 Å². The number of carbonyl (C=O) groups is 1. The molecule has 1 fully saturated rings. The first-order valence-electron chi connectivity index (χ1n) is 11.6. The van der Waals surface area contributed by atoms with Gasteiger partial charge in [-0.1, -0.05) is 19.9 Å². The van der Waals surface area contributed by atoms with Crippen molar-refractivity contribution in [2.45, 2.75) is 45.7 Å². The van der Waals surface area contributed by atoms with E-state index >= 15 is 0 Å². The Morgan fingerprint density at radius 1 is 1.39 bits per heavy atom. The van der Waals surface area contributed by atoms with Crippen molar-refractivity contribution in [2.75, 3.05) is 38.2 Å². The van der Waals surface area contributed by atoms with Gasteiger partial charge >= 0.3 is 0 Å². The number of pyridine rings is 2. The molecular weight excluding hydrogens is 418 g/mol. The van der Waals surface area contributed by atoms with Crippen molar-refractivity contribution < 1.29 is 9.53 Å². The van der Waals surface area contributed by atoms with Gasteiger partial charge < -0.3 is 24.8 Å². The Hall–Kier alpha value is -3.13. The van der Waals surface area contributed by atoms with Crippen LogP contribution in [0.3, 0.4) is 0 Å². The summed E-state index contributed by atoms with van der Waals surface area (Å²) < 4.78 is 5.23. The number of nitrogens with one attached hydrogen (secondary N) is 2. The van der Waals surface area contributed by atoms with E-state index in [2.05, 4.69) is 34.0 Å². The summed E-state index contributed by atoms with van der Waals surface area (Å²) in [6.07, 6.45) is 8.76. The molecule has 1 unspecified atom stereocenters. The number of aromatic nitrogens is 2. The number of methoxy groups -OCH3 is 1. The van der Waals surface area contributed by atoms with E-state index in [4.69, 9.17) is 4.74 Å². The number of hydrogen-bond acceptors (Lipinski definition) is 6. The zero-order valence-corrected chi connectivity index (χ0v) is 20.0. The standard InChI is InChI=1S/C25H35N5O3/c1-5-30(21-8-7-13-29(17-21)24(31)9-6-11-26-18(2)3)22-14-20(16-28-25(22)32)19-10-12-27-23(15-19)33-4/h6,9-10,12,14-16,18,21,26H,5,7-8,11,13,17H2,1-4H3,(H,28,32). The topological polar surface area (TPSA) is 90.6 Å². The maximum Gasteiger partial charge on any atom is 0.271 e. The van der Waals surface area contributed by atoms with Gasteiger partial charge in [0.25, 0.3) is 5.56 Å². The summed E-state index contributed by atoms with van der Waals surface area (Å²) in [7, 11) is 1.58. The van der Waals surface area contributed by atoms with Gasteiger partial charge in [-0.3, -0.25) is 9.59 Å². The Morgan fingerprint density at radius 3 is 2.94 bits per heavy atom. The number of anilines is 1. The lowest BCUT2D eigenvalue weighted by Gasteiger charge is -2.39. The highest BCUT2D eigenvalue weighted by molar-refractivity contribution is 5.87. The molecule has 0 radical (unpaired) electrons. The number of amides is 1. The average Bonchev–Trinajstić information content (AvgIpc) is 2.83. The quantitative estimate of drug-likeness (QED) is 0.568. The number of H-pyrrole nitrogens is 1. The largest absolute Gasteiger partial charge is 0.481 e. The monoisotopic (exact) mass is 453 g/mol. The minimum absolute atomic E-state index is 0.0212. The third kappa shape index (κ3) is 6.44. The summed E-state index contributed by atoms with van der Waals surface area (Å²) in [5.74, 6) is 0.540. The second kappa shape index (κ2) is 11.7. The van der Waals surface area contributed by atoms with Crippen LogP contribution in [0.1, 0.15) is 33.6 Å². The maximum atomic E-state index is 12.8. The third-order valence-corrected chi connectivity index (χ3v) is 5.86. The molecular formula is C25H35N5O3. The Kier molecular flexibility index (Phi) is 8.65. The van der Waals surface area contributed by atoms with Crippen LogP contribution in [-0.2, 0) is 4.79 Å². The molecule has 0 aromatic carbocycles. The molecule has 3 heterocycles. The van der Waals surface area contributed by atoms with Crippen LogP contribution in [0.4, 0.5) is 5.69 Å². The van der Waals surface area contributed by atoms with Crippen LogP contribution in [0.2, 0.25) is 0 Å². The number of hydrogen-bond donors (Lipinski definition) is 2. The Morgan fingerprint density at radius 2 is 2.21 bits per heavy atom. The number of likely N-dealkylation sites (tertiary alicyclic amines) is 1. The van der Waals surface area contributed by atoms with Gasteiger partial charge in [0.15, 0.2) is 0 Å². The van der Waals surface area contributed by atoms with E-state index in [-0.39, 0.29) is 17.5 Å². The van der Waals surface area contributed by atoms with Crippen LogP contribution < -0.4 is 20.5 Å². The molecule has 1 aliphatic heterocycles. The molecule has 0 bridgehead atoms. The van der Waals surface area contributed by atoms with Crippen molar-refractivity contribution in [3.8, 4) is 17.0 Å². The summed E-state index contributed by atoms with van der Waals surface area (Å²) >= 11 is 0. The van der Waals surface area contributed by atoms with Gasteiger partial charge in [-0.15, -0.1) is 0 Å². The van der Waals surface area contributed by atoms with Gasteiger partial charge in [-0.2, -0.15) is 0 Å². The molecule has 33 heavy (non-hydrogen) atoms. The second-order valence-electron chi connectivity index (χ2n) is 8.52. The highest BCUT2D eigenvalue weighted by Crippen LogP contribution is 2.26. The highest BCUT2D eigenvalue weighted by atomic mass is 16.5. The Balaban J connectivity index is 1.78. The second-order valence-corrected chi connectivity index (χ2v) is 8.52. The fourth-order valence-electron chi connectivity index (χ4n) is 4.16. The normalized spacial score (nSPS) is 16.4. The smallest absolute Gasteiger partial charge is 0.271 e. The molecule has 2 aromatic heterocycles. The average molecular weight is 454 g/mol. The zero-order valence-electron chi connectivity index (χ0n) is 20.0. The lowest BCUT2D eigenvalue weighted by Crippen LogP contribution is -2.50. The summed E-state index contributed by atoms with van der Waals surface area (Å²) in [5, 5.41) is 3.28. The summed E-state index contributed by atoms with van der Waals surface area (Å²) in [5.41, 5.74) is 2.27. The molecule has 1 saturated heterocycles. The van der Waals surface area contributed by atoms with E-state index in [9.17, 15) is 9.59 Å². The number of carbonyl (C=O) groups excluding carboxylic acids is 1. The van der Waals surface area contributed by atoms with Crippen LogP contribution in [0.5, 0.6) is 5.88 Å². The zero-order chi connectivity index (χ0) is 23.8. The van der Waals surface area contributed by atoms with Crippen LogP contribution >= 0.6 is 0 Å². The van der Waals surface area contributed by atoms with Gasteiger partial charge in [-0.25, -0.2) is 4.98 Å². The molecule has 0 spiro atoms. The first-order valence-corrected chi connectivity index (χ1v) is 11.6. The maximum absolute atomic E-state index is 12.8. The van der Waals surface area contributed by atoms with Crippen molar-refractivity contribution in [3.63, 3.8) is 0 Å². The van der Waals surface area contributed by atoms with Crippen LogP contribution in [0.15, 0.2) is 47.5 Å². The Bertz CT molecular complexity index is 1020. The lowest BCUT2D eigenvalue weighted by molar-refractivity contribution is -0.127. The molecule has 1 amide bonds. The summed E-state index contributed by atoms with van der Waals surface area (Å²) in [6, 6.07) is 6.10. The van der Waals surface area contributed by atoms with Crippen molar-refractivity contribution in [2.24, 2.45) is 0 Å². The van der Waals surface area contributed by atoms with Gasteiger partial charge in [0.05, 0.1) is 7.11 Å². The van der Waals surface area contributed by atoms with E-state index < -0.39 is 0 Å². The SMILES string of the molecule is CCN(c1cc(-c2ccnc(OC)c2)c[nH]c1=O)C1CCCN(C(=O)C=CCNC(C)C)C1. The van der Waals surface area contributed by atoms with Gasteiger partial charge in [-0.05, 0) is 37.5 Å². The minimum Gasteiger partial charge on any atom is -0.481 e. The highest BCUT2D eigenvalue weighted by Gasteiger charge is 2.28. The van der Waals surface area contributed by atoms with Crippen molar-refractivity contribution in [3.05, 3.63) is 53.1 Å². The van der Waals surface area contributed by atoms with Crippen molar-refractivity contribution >= 4 is 11.6 Å². The predicted molar refractivity (Wildman–Crippen MR) is 132 cm³/mol. The molecule has 0 saturated carbocycles. The van der Waals surface area contributed by atoms with Gasteiger partial charge in [0, 0.05) is 68.4 Å². The van der Waals surface area contributed by atoms with Crippen molar-refractivity contribution in [1.29, 1.82) is 0 Å². The summed E-state index contributed by atoms with van der Waals surface area (Å²) in [4.78, 5) is 36.5. The van der Waals surface area contributed by atoms with Gasteiger partial charge in [0.1, 0.15) is 5.69 Å². The lowest BCUT2D eigenvalue weighted by atomic mass is 10.0. The molecule has 178 valence electrons. The third-order valence-electron chi connectivity index (χ3n) is 5.86. The molecule has 3 rings (SSSR count). The molecule has 0 aliphatic carbocycles. The molecule has 1 atom stereocenters. The van der Waals surface area contributed by atoms with E-state index in [0.717, 1.165) is 30.5 Å². The Labute approximate surface area is 195 Å². The summed E-state index contributed by atoms with van der Waals surface area (Å²) in [6.45, 7) is 8.87. The number of ether oxygens (including phenoxy) is 1. The molecule has 2 aromatic rings. The van der Waals surface area contributed by atoms with E-state index in [1.165, 1.54) is 0 Å². The number of piperidine rings is 1. The fourth-order valence-corrected chi connectivity index (χ4v) is 4.16. The first-order chi connectivity index (χ1) is 15.9. The van der Waals surface area contributed by atoms with E-state index in [1.54, 1.807) is 25.6 Å². The minimum atomic E-state index is -0.135. The number of nitrogens with zero attached hydrogens (tertiary/aromatic N) is 3. The van der Waals surface area contributed by atoms with E-state index in [0.29, 0.717) is 37.2 Å². The number of aromatic amines is 1. The molecule has 8 heteroatoms. The van der Waals surface area contributed by atoms with Crippen LogP contribution in [-0.4, -0.2) is 66.1 Å².